The van der Waals surface area contributed by atoms with Crippen LogP contribution in [0.1, 0.15) is 86.6 Å². The van der Waals surface area contributed by atoms with Crippen molar-refractivity contribution in [2.24, 2.45) is 24.4 Å². The van der Waals surface area contributed by atoms with Crippen LogP contribution in [0.15, 0.2) is 83.7 Å². The van der Waals surface area contributed by atoms with E-state index in [9.17, 15) is 38.4 Å². The van der Waals surface area contributed by atoms with Gasteiger partial charge in [-0.1, -0.05) is 66.7 Å². The van der Waals surface area contributed by atoms with Gasteiger partial charge in [-0.2, -0.15) is 0 Å². The van der Waals surface area contributed by atoms with E-state index in [-0.39, 0.29) is 62.3 Å². The van der Waals surface area contributed by atoms with Crippen LogP contribution in [0.3, 0.4) is 0 Å². The van der Waals surface area contributed by atoms with Crippen molar-refractivity contribution in [3.8, 4) is 0 Å². The van der Waals surface area contributed by atoms with Gasteiger partial charge >= 0.3 is 5.69 Å². The van der Waals surface area contributed by atoms with E-state index in [1.807, 2.05) is 78.9 Å². The van der Waals surface area contributed by atoms with Crippen molar-refractivity contribution in [2.75, 3.05) is 32.7 Å². The molecule has 5 atom stereocenters. The van der Waals surface area contributed by atoms with Crippen LogP contribution >= 0.6 is 0 Å². The number of aryl methyl sites for hydroxylation is 1. The molecule has 4 aliphatic rings. The van der Waals surface area contributed by atoms with Crippen LogP contribution in [-0.2, 0) is 47.0 Å². The predicted octanol–water partition coefficient (Wildman–Crippen LogP) is 1.15. The Hall–Kier alpha value is -6.66. The highest BCUT2D eigenvalue weighted by Crippen LogP contribution is 2.31. The first-order valence-corrected chi connectivity index (χ1v) is 23.4. The first kappa shape index (κ1) is 46.9. The van der Waals surface area contributed by atoms with Gasteiger partial charge in [0.1, 0.15) is 24.2 Å². The number of carbonyl (C=O) groups is 7. The number of amides is 7. The quantitative estimate of drug-likeness (QED) is 0.113. The van der Waals surface area contributed by atoms with Crippen LogP contribution in [0, 0.1) is 5.92 Å². The topological polar surface area (TPSA) is 244 Å². The molecule has 7 amide bonds. The van der Waals surface area contributed by atoms with E-state index < -0.39 is 59.7 Å². The average molecular weight is 917 g/mol. The molecule has 0 spiro atoms. The van der Waals surface area contributed by atoms with Crippen molar-refractivity contribution >= 4 is 52.4 Å². The van der Waals surface area contributed by atoms with Crippen molar-refractivity contribution in [3.63, 3.8) is 0 Å². The van der Waals surface area contributed by atoms with Gasteiger partial charge in [0.25, 0.3) is 0 Å². The minimum Gasteiger partial charge on any atom is -0.370 e. The zero-order valence-corrected chi connectivity index (χ0v) is 37.8. The van der Waals surface area contributed by atoms with Crippen molar-refractivity contribution < 1.29 is 33.6 Å². The number of primary amides is 1. The Balaban J connectivity index is 0.847. The highest BCUT2D eigenvalue weighted by atomic mass is 16.2. The summed E-state index contributed by atoms with van der Waals surface area (Å²) in [4.78, 5) is 111. The molecule has 18 heteroatoms. The standard InChI is InChI=1S/C49H60N10O8/c1-55-40-27-31(12-15-37(40)59(49(55)67)39-17-19-42(61)53-47(39)65)26-30-20-23-56(24-21-30)29-43(62)57-25-22-34-13-16-38(58(34)48(66)35(50)28-57)46(64)52-36(14-18-41(51)60)45(63)54-44(32-8-4-2-5-9-32)33-10-6-3-7-11-33/h2-12,15,27,30,34-36,38-39,44H,13-14,16-26,28-29,50H2,1H3,(H2,51,60)(H,52,64)(H,54,63)(H,53,61,65)/t34-,35+,36+,38+,39?/m1/s1. The second-order valence-corrected chi connectivity index (χ2v) is 18.5. The molecule has 0 aliphatic carbocycles. The number of imide groups is 1. The maximum Gasteiger partial charge on any atom is 0.329 e. The first-order chi connectivity index (χ1) is 32.2. The lowest BCUT2D eigenvalue weighted by atomic mass is 9.90. The molecule has 1 unspecified atom stereocenters. The molecule has 5 heterocycles. The Morgan fingerprint density at radius 3 is 2.15 bits per heavy atom. The third kappa shape index (κ3) is 10.5. The highest BCUT2D eigenvalue weighted by Gasteiger charge is 2.45. The maximum atomic E-state index is 14.1. The van der Waals surface area contributed by atoms with E-state index in [2.05, 4.69) is 20.9 Å². The summed E-state index contributed by atoms with van der Waals surface area (Å²) in [6.45, 7) is 2.00. The number of aromatic nitrogens is 2. The Bertz CT molecular complexity index is 2530. The molecule has 3 aromatic carbocycles. The fourth-order valence-corrected chi connectivity index (χ4v) is 10.3. The molecule has 1 aromatic heterocycles. The van der Waals surface area contributed by atoms with E-state index in [4.69, 9.17) is 11.5 Å². The number of rotatable bonds is 14. The zero-order chi connectivity index (χ0) is 47.4. The molecule has 4 aliphatic heterocycles. The Kier molecular flexibility index (Phi) is 14.3. The summed E-state index contributed by atoms with van der Waals surface area (Å²) in [5.41, 5.74) is 15.8. The number of nitrogens with one attached hydrogen (secondary N) is 3. The van der Waals surface area contributed by atoms with Gasteiger partial charge in [-0.15, -0.1) is 0 Å². The van der Waals surface area contributed by atoms with E-state index in [1.165, 1.54) is 9.47 Å². The second kappa shape index (κ2) is 20.5. The van der Waals surface area contributed by atoms with Crippen LogP contribution in [0.4, 0.5) is 0 Å². The van der Waals surface area contributed by atoms with Gasteiger partial charge in [0.15, 0.2) is 0 Å². The van der Waals surface area contributed by atoms with Crippen LogP contribution in [-0.4, -0.2) is 122 Å². The number of imidazole rings is 1. The second-order valence-electron chi connectivity index (χ2n) is 18.5. The Morgan fingerprint density at radius 1 is 0.806 bits per heavy atom. The van der Waals surface area contributed by atoms with Crippen molar-refractivity contribution in [1.82, 2.24) is 39.8 Å². The molecule has 8 rings (SSSR count). The number of nitrogens with zero attached hydrogens (tertiary/aromatic N) is 5. The maximum absolute atomic E-state index is 14.1. The number of hydrogen-bond donors (Lipinski definition) is 5. The fraction of sp³-hybridized carbons (Fsp3) is 0.469. The van der Waals surface area contributed by atoms with Gasteiger partial charge in [-0.25, -0.2) is 4.79 Å². The smallest absolute Gasteiger partial charge is 0.329 e. The summed E-state index contributed by atoms with van der Waals surface area (Å²) in [7, 11) is 1.69. The van der Waals surface area contributed by atoms with Crippen molar-refractivity contribution in [3.05, 3.63) is 106 Å². The summed E-state index contributed by atoms with van der Waals surface area (Å²) in [5, 5.41) is 8.25. The molecule has 0 saturated carbocycles. The number of benzene rings is 3. The van der Waals surface area contributed by atoms with Gasteiger partial charge < -0.3 is 31.9 Å². The van der Waals surface area contributed by atoms with Gasteiger partial charge in [0.2, 0.25) is 41.4 Å². The van der Waals surface area contributed by atoms with E-state index in [0.29, 0.717) is 50.3 Å². The van der Waals surface area contributed by atoms with Crippen LogP contribution in [0.25, 0.3) is 11.0 Å². The van der Waals surface area contributed by atoms with Crippen LogP contribution < -0.4 is 33.1 Å². The van der Waals surface area contributed by atoms with E-state index in [1.54, 1.807) is 16.5 Å². The number of piperidine rings is 2. The molecule has 0 radical (unpaired) electrons. The largest absolute Gasteiger partial charge is 0.370 e. The minimum absolute atomic E-state index is 0.00590. The van der Waals surface area contributed by atoms with Crippen molar-refractivity contribution in [1.29, 1.82) is 0 Å². The normalized spacial score (nSPS) is 22.2. The lowest BCUT2D eigenvalue weighted by molar-refractivity contribution is -0.145. The molecule has 4 fully saturated rings. The average Bonchev–Trinajstić information content (AvgIpc) is 3.85. The molecular formula is C49H60N10O8. The van der Waals surface area contributed by atoms with Crippen LogP contribution in [0.2, 0.25) is 0 Å². The molecule has 4 aromatic rings. The molecule has 354 valence electrons. The van der Waals surface area contributed by atoms with Gasteiger partial charge in [-0.3, -0.25) is 52.9 Å². The monoisotopic (exact) mass is 916 g/mol. The predicted molar refractivity (Wildman–Crippen MR) is 248 cm³/mol. The number of likely N-dealkylation sites (tertiary alicyclic amines) is 1. The zero-order valence-electron chi connectivity index (χ0n) is 37.8. The molecule has 4 saturated heterocycles. The molecular weight excluding hydrogens is 857 g/mol. The van der Waals surface area contributed by atoms with Crippen molar-refractivity contribution in [2.45, 2.75) is 100 Å². The van der Waals surface area contributed by atoms with E-state index >= 15 is 0 Å². The fourth-order valence-electron chi connectivity index (χ4n) is 10.3. The third-order valence-electron chi connectivity index (χ3n) is 14.0. The third-order valence-corrected chi connectivity index (χ3v) is 14.0. The lowest BCUT2D eigenvalue weighted by Crippen LogP contribution is -2.61. The minimum atomic E-state index is -1.11. The molecule has 0 bridgehead atoms. The van der Waals surface area contributed by atoms with E-state index in [0.717, 1.165) is 41.5 Å². The Morgan fingerprint density at radius 2 is 1.49 bits per heavy atom. The summed E-state index contributed by atoms with van der Waals surface area (Å²) >= 11 is 0. The SMILES string of the molecule is Cn1c(=O)n(C2CCC(=O)NC2=O)c2ccc(CC3CCN(CC(=O)N4CC[C@H]5CC[C@@H](C(=O)N[C@@H](CCC(N)=O)C(=O)NC(c6ccccc6)c6ccccc6)N5C(=O)[C@@H](N)C4)CC3)cc21. The van der Waals surface area contributed by atoms with Gasteiger partial charge in [0, 0.05) is 39.0 Å². The number of nitrogens with two attached hydrogens (primary N) is 2. The summed E-state index contributed by atoms with van der Waals surface area (Å²) in [5.74, 6) is -2.62. The highest BCUT2D eigenvalue weighted by molar-refractivity contribution is 6.00. The lowest BCUT2D eigenvalue weighted by Gasteiger charge is -2.38. The number of carbonyl (C=O) groups excluding carboxylic acids is 7. The summed E-state index contributed by atoms with van der Waals surface area (Å²) in [6.07, 6.45) is 4.12. The molecule has 18 nitrogen and oxygen atoms in total. The molecule has 67 heavy (non-hydrogen) atoms. The number of fused-ring (bicyclic) bond motifs is 2. The van der Waals surface area contributed by atoms with Crippen LogP contribution in [0.5, 0.6) is 0 Å². The first-order valence-electron chi connectivity index (χ1n) is 23.4. The molecule has 7 N–H and O–H groups in total. The number of hydrogen-bond acceptors (Lipinski definition) is 10. The van der Waals surface area contributed by atoms with Gasteiger partial charge in [-0.05, 0) is 99.2 Å². The summed E-state index contributed by atoms with van der Waals surface area (Å²) in [6, 6.07) is 20.0. The summed E-state index contributed by atoms with van der Waals surface area (Å²) < 4.78 is 3.03. The Labute approximate surface area is 388 Å². The van der Waals surface area contributed by atoms with Gasteiger partial charge in [0.05, 0.1) is 23.6 Å².